The summed E-state index contributed by atoms with van der Waals surface area (Å²) in [6.07, 6.45) is -2.42. The van der Waals surface area contributed by atoms with Crippen molar-refractivity contribution in [1.29, 1.82) is 0 Å². The van der Waals surface area contributed by atoms with Crippen molar-refractivity contribution in [1.82, 2.24) is 10.4 Å². The summed E-state index contributed by atoms with van der Waals surface area (Å²) < 4.78 is 36.1. The molecule has 0 aromatic rings. The third-order valence-electron chi connectivity index (χ3n) is 2.01. The molecule has 72 valence electrons. The summed E-state index contributed by atoms with van der Waals surface area (Å²) in [5.41, 5.74) is 2.34. The van der Waals surface area contributed by atoms with E-state index in [0.29, 0.717) is 11.6 Å². The van der Waals surface area contributed by atoms with Crippen LogP contribution < -0.4 is 5.43 Å². The van der Waals surface area contributed by atoms with Crippen molar-refractivity contribution in [2.24, 2.45) is 5.92 Å². The molecule has 0 radical (unpaired) electrons. The lowest BCUT2D eigenvalue weighted by molar-refractivity contribution is -0.255. The van der Waals surface area contributed by atoms with Gasteiger partial charge in [0.05, 0.1) is 0 Å². The fourth-order valence-electron chi connectivity index (χ4n) is 1.42. The van der Waals surface area contributed by atoms with Crippen LogP contribution in [-0.2, 0) is 0 Å². The molecule has 1 unspecified atom stereocenters. The van der Waals surface area contributed by atoms with Gasteiger partial charge in [0.15, 0.2) is 0 Å². The van der Waals surface area contributed by atoms with Crippen molar-refractivity contribution in [2.75, 3.05) is 13.1 Å². The molecule has 2 nitrogen and oxygen atoms in total. The van der Waals surface area contributed by atoms with Gasteiger partial charge in [-0.15, -0.1) is 0 Å². The van der Waals surface area contributed by atoms with Crippen molar-refractivity contribution >= 4 is 0 Å². The number of hydrogen-bond acceptors (Lipinski definition) is 2. The number of nitrogens with zero attached hydrogens (tertiary/aromatic N) is 1. The zero-order valence-electron chi connectivity index (χ0n) is 6.99. The van der Waals surface area contributed by atoms with Crippen LogP contribution in [0.3, 0.4) is 0 Å². The Morgan fingerprint density at radius 3 is 2.58 bits per heavy atom. The molecular weight excluding hydrogens is 169 g/mol. The molecular formula is C7H13F3N2. The second-order valence-corrected chi connectivity index (χ2v) is 3.10. The molecule has 1 aliphatic heterocycles. The van der Waals surface area contributed by atoms with Crippen LogP contribution >= 0.6 is 0 Å². The Balaban J connectivity index is 2.35. The van der Waals surface area contributed by atoms with E-state index in [1.165, 1.54) is 0 Å². The van der Waals surface area contributed by atoms with E-state index in [4.69, 9.17) is 0 Å². The molecule has 0 amide bonds. The average Bonchev–Trinajstić information content (AvgIpc) is 2.35. The smallest absolute Gasteiger partial charge is 0.248 e. The molecule has 1 atom stereocenters. The van der Waals surface area contributed by atoms with E-state index in [1.807, 2.05) is 6.92 Å². The van der Waals surface area contributed by atoms with Crippen LogP contribution in [-0.4, -0.2) is 24.4 Å². The zero-order chi connectivity index (χ0) is 9.19. The summed E-state index contributed by atoms with van der Waals surface area (Å²) in [6, 6.07) is 0. The molecule has 0 saturated carbocycles. The van der Waals surface area contributed by atoms with Crippen LogP contribution in [0.2, 0.25) is 0 Å². The van der Waals surface area contributed by atoms with Crippen LogP contribution in [0.15, 0.2) is 0 Å². The van der Waals surface area contributed by atoms with Crippen molar-refractivity contribution in [3.63, 3.8) is 0 Å². The van der Waals surface area contributed by atoms with Crippen LogP contribution in [0.1, 0.15) is 19.8 Å². The molecule has 0 bridgehead atoms. The van der Waals surface area contributed by atoms with Crippen molar-refractivity contribution < 1.29 is 13.2 Å². The largest absolute Gasteiger partial charge is 0.473 e. The minimum Gasteiger partial charge on any atom is -0.248 e. The van der Waals surface area contributed by atoms with E-state index < -0.39 is 6.30 Å². The van der Waals surface area contributed by atoms with Gasteiger partial charge in [-0.05, 0) is 12.3 Å². The molecule has 1 rings (SSSR count). The number of alkyl halides is 3. The van der Waals surface area contributed by atoms with E-state index in [9.17, 15) is 13.2 Å². The summed E-state index contributed by atoms with van der Waals surface area (Å²) in [5.74, 6) is 0.150. The van der Waals surface area contributed by atoms with Crippen LogP contribution in [0, 0.1) is 5.92 Å². The van der Waals surface area contributed by atoms with E-state index >= 15 is 0 Å². The third kappa shape index (κ3) is 2.35. The molecule has 0 aromatic carbocycles. The Labute approximate surface area is 69.7 Å². The number of nitrogens with one attached hydrogen (secondary N) is 1. The number of hydrogen-bond donors (Lipinski definition) is 1. The van der Waals surface area contributed by atoms with Crippen LogP contribution in [0.4, 0.5) is 13.2 Å². The second kappa shape index (κ2) is 3.62. The summed E-state index contributed by atoms with van der Waals surface area (Å²) in [6.45, 7) is 2.53. The van der Waals surface area contributed by atoms with Gasteiger partial charge in [0, 0.05) is 13.1 Å². The summed E-state index contributed by atoms with van der Waals surface area (Å²) in [7, 11) is 0. The fourth-order valence-corrected chi connectivity index (χ4v) is 1.42. The van der Waals surface area contributed by atoms with Gasteiger partial charge < -0.3 is 0 Å². The number of hydrazine groups is 1. The maximum atomic E-state index is 12.0. The Hall–Kier alpha value is -0.290. The van der Waals surface area contributed by atoms with Gasteiger partial charge in [0.1, 0.15) is 0 Å². The second-order valence-electron chi connectivity index (χ2n) is 3.10. The SMILES string of the molecule is CCCC1CNN(C(F)(F)F)C1. The normalized spacial score (nSPS) is 26.5. The summed E-state index contributed by atoms with van der Waals surface area (Å²) >= 11 is 0. The van der Waals surface area contributed by atoms with Gasteiger partial charge in [0.2, 0.25) is 0 Å². The molecule has 0 spiro atoms. The molecule has 12 heavy (non-hydrogen) atoms. The molecule has 0 aromatic heterocycles. The Kier molecular flexibility index (Phi) is 2.95. The summed E-state index contributed by atoms with van der Waals surface area (Å²) in [5, 5.41) is 0.368. The van der Waals surface area contributed by atoms with Gasteiger partial charge >= 0.3 is 6.30 Å². The highest BCUT2D eigenvalue weighted by Gasteiger charge is 2.41. The first kappa shape index (κ1) is 9.80. The predicted molar refractivity (Wildman–Crippen MR) is 39.2 cm³/mol. The lowest BCUT2D eigenvalue weighted by Crippen LogP contribution is -2.42. The Bertz CT molecular complexity index is 146. The lowest BCUT2D eigenvalue weighted by atomic mass is 10.1. The van der Waals surface area contributed by atoms with E-state index in [1.54, 1.807) is 0 Å². The van der Waals surface area contributed by atoms with Crippen LogP contribution in [0.25, 0.3) is 0 Å². The molecule has 1 N–H and O–H groups in total. The zero-order valence-corrected chi connectivity index (χ0v) is 6.99. The first-order valence-corrected chi connectivity index (χ1v) is 4.12. The van der Waals surface area contributed by atoms with Crippen LogP contribution in [0.5, 0.6) is 0 Å². The minimum atomic E-state index is -4.22. The Morgan fingerprint density at radius 2 is 2.17 bits per heavy atom. The molecule has 1 saturated heterocycles. The lowest BCUT2D eigenvalue weighted by Gasteiger charge is -2.18. The van der Waals surface area contributed by atoms with E-state index in [0.717, 1.165) is 12.8 Å². The quantitative estimate of drug-likeness (QED) is 0.654. The Morgan fingerprint density at radius 1 is 1.50 bits per heavy atom. The molecule has 5 heteroatoms. The highest BCUT2D eigenvalue weighted by Crippen LogP contribution is 2.24. The molecule has 0 aliphatic carbocycles. The number of rotatable bonds is 2. The van der Waals surface area contributed by atoms with Gasteiger partial charge in [-0.1, -0.05) is 13.3 Å². The first-order valence-electron chi connectivity index (χ1n) is 4.12. The number of halogens is 3. The van der Waals surface area contributed by atoms with Crippen molar-refractivity contribution in [2.45, 2.75) is 26.1 Å². The average molecular weight is 182 g/mol. The van der Waals surface area contributed by atoms with E-state index in [2.05, 4.69) is 5.43 Å². The van der Waals surface area contributed by atoms with Gasteiger partial charge in [-0.2, -0.15) is 18.2 Å². The summed E-state index contributed by atoms with van der Waals surface area (Å²) in [4.78, 5) is 0. The minimum absolute atomic E-state index is 0.0946. The van der Waals surface area contributed by atoms with Crippen molar-refractivity contribution in [3.05, 3.63) is 0 Å². The highest BCUT2D eigenvalue weighted by atomic mass is 19.4. The third-order valence-corrected chi connectivity index (χ3v) is 2.01. The van der Waals surface area contributed by atoms with Gasteiger partial charge in [-0.25, -0.2) is 5.43 Å². The monoisotopic (exact) mass is 182 g/mol. The standard InChI is InChI=1S/C7H13F3N2/c1-2-3-6-4-11-12(5-6)7(8,9)10/h6,11H,2-5H2,1H3. The van der Waals surface area contributed by atoms with Gasteiger partial charge in [-0.3, -0.25) is 0 Å². The molecule has 1 aliphatic rings. The first-order chi connectivity index (χ1) is 5.54. The maximum Gasteiger partial charge on any atom is 0.473 e. The molecule has 1 fully saturated rings. The van der Waals surface area contributed by atoms with Crippen molar-refractivity contribution in [3.8, 4) is 0 Å². The van der Waals surface area contributed by atoms with Gasteiger partial charge in [0.25, 0.3) is 0 Å². The fraction of sp³-hybridized carbons (Fsp3) is 1.00. The predicted octanol–water partition coefficient (Wildman–Crippen LogP) is 1.74. The highest BCUT2D eigenvalue weighted by molar-refractivity contribution is 4.73. The maximum absolute atomic E-state index is 12.0. The topological polar surface area (TPSA) is 15.3 Å². The van der Waals surface area contributed by atoms with E-state index in [-0.39, 0.29) is 12.5 Å². The molecule has 1 heterocycles.